The van der Waals surface area contributed by atoms with E-state index < -0.39 is 0 Å². The number of carbonyl (C=O) groups is 1. The molecule has 0 spiro atoms. The van der Waals surface area contributed by atoms with Crippen molar-refractivity contribution in [3.8, 4) is 11.5 Å². The molecule has 2 rings (SSSR count). The van der Waals surface area contributed by atoms with Crippen LogP contribution in [0.15, 0.2) is 30.9 Å². The molecule has 1 aliphatic rings. The van der Waals surface area contributed by atoms with Crippen molar-refractivity contribution in [3.63, 3.8) is 0 Å². The van der Waals surface area contributed by atoms with E-state index in [-0.39, 0.29) is 12.0 Å². The Hall–Kier alpha value is -2.01. The zero-order valence-corrected chi connectivity index (χ0v) is 12.3. The molecule has 0 aliphatic carbocycles. The van der Waals surface area contributed by atoms with E-state index in [9.17, 15) is 4.79 Å². The molecular formula is C16H21NO4. The van der Waals surface area contributed by atoms with Gasteiger partial charge < -0.3 is 19.5 Å². The number of nitrogens with one attached hydrogen (secondary N) is 1. The molecule has 0 aromatic heterocycles. The number of ether oxygens (including phenoxy) is 3. The lowest BCUT2D eigenvalue weighted by molar-refractivity contribution is -0.141. The Kier molecular flexibility index (Phi) is 5.63. The standard InChI is InChI=1S/C16H21NO4/c1-3-6-17-13(11-16(18)19-2)9-12-4-5-14-15(10-12)21-8-7-20-14/h3-5,10,13,17H,1,6-9,11H2,2H3. The van der Waals surface area contributed by atoms with Gasteiger partial charge in [0, 0.05) is 12.6 Å². The number of benzene rings is 1. The van der Waals surface area contributed by atoms with Crippen molar-refractivity contribution < 1.29 is 19.0 Å². The van der Waals surface area contributed by atoms with Crippen LogP contribution in [0.5, 0.6) is 11.5 Å². The van der Waals surface area contributed by atoms with Crippen LogP contribution in [-0.2, 0) is 16.0 Å². The van der Waals surface area contributed by atoms with E-state index in [0.29, 0.717) is 32.6 Å². The Balaban J connectivity index is 2.04. The first-order chi connectivity index (χ1) is 10.2. The summed E-state index contributed by atoms with van der Waals surface area (Å²) in [7, 11) is 1.40. The van der Waals surface area contributed by atoms with Crippen LogP contribution in [-0.4, -0.2) is 38.9 Å². The van der Waals surface area contributed by atoms with Crippen LogP contribution < -0.4 is 14.8 Å². The molecule has 0 saturated heterocycles. The predicted octanol–water partition coefficient (Wildman–Crippen LogP) is 1.71. The zero-order valence-electron chi connectivity index (χ0n) is 12.3. The van der Waals surface area contributed by atoms with Gasteiger partial charge in [0.15, 0.2) is 11.5 Å². The summed E-state index contributed by atoms with van der Waals surface area (Å²) in [6.45, 7) is 5.47. The van der Waals surface area contributed by atoms with Crippen molar-refractivity contribution in [3.05, 3.63) is 36.4 Å². The smallest absolute Gasteiger partial charge is 0.307 e. The van der Waals surface area contributed by atoms with E-state index in [1.165, 1.54) is 7.11 Å². The molecule has 5 heteroatoms. The quantitative estimate of drug-likeness (QED) is 0.612. The van der Waals surface area contributed by atoms with E-state index in [2.05, 4.69) is 11.9 Å². The second-order valence-electron chi connectivity index (χ2n) is 4.86. The molecule has 21 heavy (non-hydrogen) atoms. The summed E-state index contributed by atoms with van der Waals surface area (Å²) < 4.78 is 15.8. The number of hydrogen-bond donors (Lipinski definition) is 1. The van der Waals surface area contributed by atoms with Crippen LogP contribution >= 0.6 is 0 Å². The van der Waals surface area contributed by atoms with Gasteiger partial charge in [0.2, 0.25) is 0 Å². The Morgan fingerprint density at radius 3 is 2.90 bits per heavy atom. The van der Waals surface area contributed by atoms with Gasteiger partial charge in [0.05, 0.1) is 13.5 Å². The lowest BCUT2D eigenvalue weighted by Crippen LogP contribution is -2.33. The van der Waals surface area contributed by atoms with E-state index in [0.717, 1.165) is 17.1 Å². The second-order valence-corrected chi connectivity index (χ2v) is 4.86. The van der Waals surface area contributed by atoms with E-state index in [1.807, 2.05) is 18.2 Å². The largest absolute Gasteiger partial charge is 0.486 e. The Morgan fingerprint density at radius 1 is 1.43 bits per heavy atom. The molecule has 1 N–H and O–H groups in total. The number of hydrogen-bond acceptors (Lipinski definition) is 5. The molecule has 1 atom stereocenters. The molecule has 5 nitrogen and oxygen atoms in total. The summed E-state index contributed by atoms with van der Waals surface area (Å²) in [6.07, 6.45) is 2.80. The van der Waals surface area contributed by atoms with Crippen LogP contribution in [0.25, 0.3) is 0 Å². The minimum absolute atomic E-state index is 0.00184. The third kappa shape index (κ3) is 4.49. The van der Waals surface area contributed by atoms with Gasteiger partial charge in [-0.3, -0.25) is 4.79 Å². The molecule has 0 radical (unpaired) electrons. The molecule has 114 valence electrons. The molecule has 0 bridgehead atoms. The van der Waals surface area contributed by atoms with Crippen molar-refractivity contribution in [2.45, 2.75) is 18.9 Å². The van der Waals surface area contributed by atoms with Gasteiger partial charge in [0.25, 0.3) is 0 Å². The maximum atomic E-state index is 11.5. The third-order valence-corrected chi connectivity index (χ3v) is 3.28. The highest BCUT2D eigenvalue weighted by molar-refractivity contribution is 5.70. The van der Waals surface area contributed by atoms with Crippen LogP contribution in [0.2, 0.25) is 0 Å². The van der Waals surface area contributed by atoms with Crippen LogP contribution in [0, 0.1) is 0 Å². The fourth-order valence-electron chi connectivity index (χ4n) is 2.25. The molecule has 0 saturated carbocycles. The lowest BCUT2D eigenvalue weighted by Gasteiger charge is -2.21. The highest BCUT2D eigenvalue weighted by Gasteiger charge is 2.17. The van der Waals surface area contributed by atoms with Gasteiger partial charge >= 0.3 is 5.97 Å². The molecular weight excluding hydrogens is 270 g/mol. The SMILES string of the molecule is C=CCNC(CC(=O)OC)Cc1ccc2c(c1)OCCO2. The first-order valence-electron chi connectivity index (χ1n) is 7.02. The van der Waals surface area contributed by atoms with Gasteiger partial charge in [-0.05, 0) is 24.1 Å². The normalized spacial score (nSPS) is 14.3. The average molecular weight is 291 g/mol. The van der Waals surface area contributed by atoms with Crippen LogP contribution in [0.3, 0.4) is 0 Å². The fourth-order valence-corrected chi connectivity index (χ4v) is 2.25. The minimum atomic E-state index is -0.228. The van der Waals surface area contributed by atoms with Crippen LogP contribution in [0.4, 0.5) is 0 Å². The fraction of sp³-hybridized carbons (Fsp3) is 0.438. The molecule has 1 aromatic rings. The lowest BCUT2D eigenvalue weighted by atomic mass is 10.0. The molecule has 1 aliphatic heterocycles. The summed E-state index contributed by atoms with van der Waals surface area (Å²) in [5.74, 6) is 1.31. The topological polar surface area (TPSA) is 56.8 Å². The maximum absolute atomic E-state index is 11.5. The molecule has 1 unspecified atom stereocenters. The number of carbonyl (C=O) groups excluding carboxylic acids is 1. The Bertz CT molecular complexity index is 501. The second kappa shape index (κ2) is 7.69. The van der Waals surface area contributed by atoms with Crippen molar-refractivity contribution >= 4 is 5.97 Å². The highest BCUT2D eigenvalue weighted by atomic mass is 16.6. The third-order valence-electron chi connectivity index (χ3n) is 3.28. The number of rotatable bonds is 7. The van der Waals surface area contributed by atoms with E-state index in [4.69, 9.17) is 14.2 Å². The summed E-state index contributed by atoms with van der Waals surface area (Å²) >= 11 is 0. The van der Waals surface area contributed by atoms with E-state index >= 15 is 0 Å². The van der Waals surface area contributed by atoms with Gasteiger partial charge in [0.1, 0.15) is 13.2 Å². The van der Waals surface area contributed by atoms with Gasteiger partial charge in [-0.15, -0.1) is 6.58 Å². The molecule has 0 fully saturated rings. The van der Waals surface area contributed by atoms with Crippen LogP contribution in [0.1, 0.15) is 12.0 Å². The molecule has 1 aromatic carbocycles. The highest BCUT2D eigenvalue weighted by Crippen LogP contribution is 2.31. The van der Waals surface area contributed by atoms with E-state index in [1.54, 1.807) is 6.08 Å². The zero-order chi connectivity index (χ0) is 15.1. The Labute approximate surface area is 124 Å². The average Bonchev–Trinajstić information content (AvgIpc) is 2.52. The Morgan fingerprint density at radius 2 is 2.19 bits per heavy atom. The van der Waals surface area contributed by atoms with Crippen molar-refractivity contribution in [2.24, 2.45) is 0 Å². The molecule has 1 heterocycles. The molecule has 0 amide bonds. The maximum Gasteiger partial charge on any atom is 0.307 e. The summed E-state index contributed by atoms with van der Waals surface area (Å²) in [5.41, 5.74) is 1.09. The van der Waals surface area contributed by atoms with Gasteiger partial charge in [-0.2, -0.15) is 0 Å². The van der Waals surface area contributed by atoms with Crippen molar-refractivity contribution in [2.75, 3.05) is 26.9 Å². The van der Waals surface area contributed by atoms with Crippen molar-refractivity contribution in [1.82, 2.24) is 5.32 Å². The minimum Gasteiger partial charge on any atom is -0.486 e. The summed E-state index contributed by atoms with van der Waals surface area (Å²) in [6, 6.07) is 5.87. The number of esters is 1. The predicted molar refractivity (Wildman–Crippen MR) is 79.8 cm³/mol. The first kappa shape index (κ1) is 15.4. The monoisotopic (exact) mass is 291 g/mol. The summed E-state index contributed by atoms with van der Waals surface area (Å²) in [4.78, 5) is 11.5. The summed E-state index contributed by atoms with van der Waals surface area (Å²) in [5, 5.41) is 3.27. The number of fused-ring (bicyclic) bond motifs is 1. The van der Waals surface area contributed by atoms with Gasteiger partial charge in [-0.25, -0.2) is 0 Å². The van der Waals surface area contributed by atoms with Gasteiger partial charge in [-0.1, -0.05) is 12.1 Å². The number of methoxy groups -OCH3 is 1. The van der Waals surface area contributed by atoms with Crippen molar-refractivity contribution in [1.29, 1.82) is 0 Å². The first-order valence-corrected chi connectivity index (χ1v) is 7.02.